The highest BCUT2D eigenvalue weighted by atomic mass is 28.4. The van der Waals surface area contributed by atoms with Crippen LogP contribution in [0.3, 0.4) is 0 Å². The number of ether oxygens (including phenoxy) is 1. The number of esters is 1. The molecule has 0 spiro atoms. The van der Waals surface area contributed by atoms with Crippen molar-refractivity contribution in [3.8, 4) is 0 Å². The van der Waals surface area contributed by atoms with Crippen LogP contribution in [0.15, 0.2) is 0 Å². The maximum absolute atomic E-state index is 12.3. The van der Waals surface area contributed by atoms with E-state index >= 15 is 0 Å². The molecule has 0 amide bonds. The van der Waals surface area contributed by atoms with Crippen LogP contribution in [0.4, 0.5) is 0 Å². The molecule has 0 saturated heterocycles. The van der Waals surface area contributed by atoms with Crippen LogP contribution in [-0.2, 0) is 27.2 Å². The van der Waals surface area contributed by atoms with Crippen LogP contribution < -0.4 is 0 Å². The monoisotopic (exact) mass is 726 g/mol. The molecule has 0 aromatic carbocycles. The lowest BCUT2D eigenvalue weighted by atomic mass is 9.42. The van der Waals surface area contributed by atoms with Gasteiger partial charge >= 0.3 is 5.97 Å². The number of fused-ring (bicyclic) bond motifs is 5. The van der Waals surface area contributed by atoms with Crippen LogP contribution >= 0.6 is 0 Å². The van der Waals surface area contributed by atoms with E-state index < -0.39 is 33.3 Å². The van der Waals surface area contributed by atoms with Gasteiger partial charge in [0.2, 0.25) is 0 Å². The summed E-state index contributed by atoms with van der Waals surface area (Å²) >= 11 is 0. The zero-order valence-electron chi connectivity index (χ0n) is 33.4. The molecule has 0 bridgehead atoms. The summed E-state index contributed by atoms with van der Waals surface area (Å²) in [4.78, 5) is 12.3. The Labute approximate surface area is 294 Å². The van der Waals surface area contributed by atoms with Gasteiger partial charge in [0.15, 0.2) is 33.3 Å². The summed E-state index contributed by atoms with van der Waals surface area (Å²) in [6.07, 6.45) is 9.05. The van der Waals surface area contributed by atoms with Crippen LogP contribution in [0.5, 0.6) is 0 Å². The third kappa shape index (κ3) is 8.98. The second kappa shape index (κ2) is 14.0. The minimum atomic E-state index is -1.93. The van der Waals surface area contributed by atoms with Crippen molar-refractivity contribution in [2.24, 2.45) is 46.3 Å². The molecule has 47 heavy (non-hydrogen) atoms. The molecule has 0 aromatic rings. The SMILES string of the molecule is COC(=O)CCC(C)C1CCC2C3C(C[C@@H](O[Si](C)(C)C)C12C)C1(C)CC[C@@H](O[Si](C)(C)C)C[C@H]1[C@@H](O[Si](C)(C)C)[C@H]3O[Si](C)(C)C. The normalized spacial score (nSPS) is 40.3. The molecule has 6 nitrogen and oxygen atoms in total. The molecule has 0 aromatic heterocycles. The number of carbonyl (C=O) groups excluding carboxylic acids is 1. The second-order valence-electron chi connectivity index (χ2n) is 20.5. The minimum Gasteiger partial charge on any atom is -0.469 e. The average Bonchev–Trinajstić information content (AvgIpc) is 3.25. The topological polar surface area (TPSA) is 63.2 Å². The van der Waals surface area contributed by atoms with Crippen molar-refractivity contribution in [1.82, 2.24) is 0 Å². The summed E-state index contributed by atoms with van der Waals surface area (Å²) in [5.41, 5.74) is 0.188. The fourth-order valence-electron chi connectivity index (χ4n) is 11.0. The van der Waals surface area contributed by atoms with Gasteiger partial charge in [-0.15, -0.1) is 0 Å². The predicted molar refractivity (Wildman–Crippen MR) is 205 cm³/mol. The van der Waals surface area contributed by atoms with Gasteiger partial charge in [-0.2, -0.15) is 0 Å². The van der Waals surface area contributed by atoms with Crippen molar-refractivity contribution in [1.29, 1.82) is 0 Å². The van der Waals surface area contributed by atoms with Crippen LogP contribution in [0.2, 0.25) is 78.6 Å². The molecule has 4 aliphatic carbocycles. The van der Waals surface area contributed by atoms with E-state index in [9.17, 15) is 4.79 Å². The number of carbonyl (C=O) groups is 1. The molecule has 4 rings (SSSR count). The summed E-state index contributed by atoms with van der Waals surface area (Å²) in [6, 6.07) is 0. The maximum Gasteiger partial charge on any atom is 0.305 e. The molecule has 12 atom stereocenters. The van der Waals surface area contributed by atoms with E-state index in [2.05, 4.69) is 99.3 Å². The Morgan fingerprint density at radius 2 is 1.26 bits per heavy atom. The first-order valence-electron chi connectivity index (χ1n) is 19.1. The van der Waals surface area contributed by atoms with E-state index in [0.717, 1.165) is 25.7 Å². The Morgan fingerprint density at radius 1 is 0.702 bits per heavy atom. The highest BCUT2D eigenvalue weighted by Crippen LogP contribution is 2.70. The fraction of sp³-hybridized carbons (Fsp3) is 0.973. The minimum absolute atomic E-state index is 0.0308. The highest BCUT2D eigenvalue weighted by Gasteiger charge is 2.69. The molecule has 4 fully saturated rings. The van der Waals surface area contributed by atoms with Gasteiger partial charge in [0.05, 0.1) is 25.4 Å². The van der Waals surface area contributed by atoms with Crippen molar-refractivity contribution in [3.63, 3.8) is 0 Å². The van der Waals surface area contributed by atoms with E-state index in [4.69, 9.17) is 22.4 Å². The molecule has 7 unspecified atom stereocenters. The molecule has 10 heteroatoms. The smallest absolute Gasteiger partial charge is 0.305 e. The van der Waals surface area contributed by atoms with Crippen molar-refractivity contribution >= 4 is 39.2 Å². The summed E-state index contributed by atoms with van der Waals surface area (Å²) in [7, 11) is -5.87. The fourth-order valence-corrected chi connectivity index (χ4v) is 15.7. The molecule has 0 radical (unpaired) electrons. The van der Waals surface area contributed by atoms with Gasteiger partial charge in [0.25, 0.3) is 0 Å². The standard InChI is InChI=1S/C37H74O6Si4/c1-25(17-20-32(38)39-4)27-18-19-28-33-29(24-31(37(27,28)3)41-45(8,9)10)36(2)22-21-26(40-44(5,6)7)23-30(36)34(42-46(11,12)13)35(33)43-47(14,15)16/h25-31,33-35H,17-24H2,1-16H3/t25?,26-,27?,28?,29?,30+,31-,33?,34-,35+,36?,37?/m1/s1. The first kappa shape index (κ1) is 40.0. The number of methoxy groups -OCH3 is 1. The van der Waals surface area contributed by atoms with Gasteiger partial charge in [0.1, 0.15) is 0 Å². The van der Waals surface area contributed by atoms with Crippen LogP contribution in [0.1, 0.15) is 72.1 Å². The van der Waals surface area contributed by atoms with Gasteiger partial charge in [0, 0.05) is 12.5 Å². The lowest BCUT2D eigenvalue weighted by molar-refractivity contribution is -0.232. The van der Waals surface area contributed by atoms with E-state index in [-0.39, 0.29) is 35.1 Å². The van der Waals surface area contributed by atoms with E-state index in [1.54, 1.807) is 0 Å². The quantitative estimate of drug-likeness (QED) is 0.147. The summed E-state index contributed by atoms with van der Waals surface area (Å²) in [5.74, 6) is 2.76. The van der Waals surface area contributed by atoms with Crippen LogP contribution in [0.25, 0.3) is 0 Å². The largest absolute Gasteiger partial charge is 0.469 e. The van der Waals surface area contributed by atoms with Crippen molar-refractivity contribution in [3.05, 3.63) is 0 Å². The van der Waals surface area contributed by atoms with Gasteiger partial charge < -0.3 is 22.4 Å². The lowest BCUT2D eigenvalue weighted by Crippen LogP contribution is -2.70. The Bertz CT molecular complexity index is 1090. The number of hydrogen-bond donors (Lipinski definition) is 0. The van der Waals surface area contributed by atoms with Gasteiger partial charge in [-0.1, -0.05) is 20.8 Å². The lowest BCUT2D eigenvalue weighted by Gasteiger charge is -2.68. The summed E-state index contributed by atoms with van der Waals surface area (Å²) in [6.45, 7) is 36.0. The van der Waals surface area contributed by atoms with E-state index in [1.807, 2.05) is 0 Å². The predicted octanol–water partition coefficient (Wildman–Crippen LogP) is 9.94. The molecule has 4 saturated carbocycles. The number of hydrogen-bond acceptors (Lipinski definition) is 6. The highest BCUT2D eigenvalue weighted by molar-refractivity contribution is 6.71. The Hall–Kier alpha value is 0.178. The maximum atomic E-state index is 12.3. The first-order chi connectivity index (χ1) is 21.3. The van der Waals surface area contributed by atoms with Crippen molar-refractivity contribution in [2.75, 3.05) is 7.11 Å². The molecule has 4 aliphatic rings. The number of rotatable bonds is 12. The first-order valence-corrected chi connectivity index (χ1v) is 32.7. The molecular weight excluding hydrogens is 653 g/mol. The van der Waals surface area contributed by atoms with E-state index in [0.29, 0.717) is 48.0 Å². The Morgan fingerprint density at radius 3 is 1.79 bits per heavy atom. The van der Waals surface area contributed by atoms with Crippen molar-refractivity contribution in [2.45, 2.75) is 175 Å². The molecule has 0 N–H and O–H groups in total. The van der Waals surface area contributed by atoms with Gasteiger partial charge in [-0.25, -0.2) is 0 Å². The summed E-state index contributed by atoms with van der Waals surface area (Å²) in [5, 5.41) is 0. The van der Waals surface area contributed by atoms with Crippen LogP contribution in [0, 0.1) is 46.3 Å². The Kier molecular flexibility index (Phi) is 11.9. The van der Waals surface area contributed by atoms with E-state index in [1.165, 1.54) is 26.4 Å². The van der Waals surface area contributed by atoms with Gasteiger partial charge in [-0.05, 0) is 170 Å². The second-order valence-corrected chi connectivity index (χ2v) is 38.4. The van der Waals surface area contributed by atoms with Crippen molar-refractivity contribution < 1.29 is 27.2 Å². The molecular formula is C37H74O6Si4. The third-order valence-electron chi connectivity index (χ3n) is 12.5. The van der Waals surface area contributed by atoms with Crippen LogP contribution in [-0.4, -0.2) is 70.8 Å². The third-order valence-corrected chi connectivity index (χ3v) is 16.5. The summed E-state index contributed by atoms with van der Waals surface area (Å²) < 4.78 is 34.3. The Balaban J connectivity index is 1.85. The molecule has 0 aliphatic heterocycles. The molecule has 274 valence electrons. The molecule has 0 heterocycles. The average molecular weight is 727 g/mol. The zero-order valence-corrected chi connectivity index (χ0v) is 37.4. The zero-order chi connectivity index (χ0) is 35.5. The van der Waals surface area contributed by atoms with Gasteiger partial charge in [-0.3, -0.25) is 4.79 Å².